The minimum Gasteiger partial charge on any atom is -0.375 e. The molecule has 1 aromatic carbocycles. The molecule has 0 heterocycles. The molecule has 0 bridgehead atoms. The molecular formula is C17H23FN2O2. The van der Waals surface area contributed by atoms with Gasteiger partial charge in [0, 0.05) is 11.6 Å². The van der Waals surface area contributed by atoms with Crippen molar-refractivity contribution in [3.8, 4) is 6.07 Å². The highest BCUT2D eigenvalue weighted by atomic mass is 19.1. The molecule has 120 valence electrons. The van der Waals surface area contributed by atoms with Gasteiger partial charge >= 0.3 is 0 Å². The van der Waals surface area contributed by atoms with E-state index in [0.29, 0.717) is 5.56 Å². The Morgan fingerprint density at radius 3 is 2.59 bits per heavy atom. The van der Waals surface area contributed by atoms with E-state index < -0.39 is 11.3 Å². The van der Waals surface area contributed by atoms with E-state index in [2.05, 4.69) is 5.32 Å². The number of carbonyl (C=O) groups excluding carboxylic acids is 1. The molecule has 0 saturated heterocycles. The van der Waals surface area contributed by atoms with Crippen LogP contribution in [0.25, 0.3) is 0 Å². The lowest BCUT2D eigenvalue weighted by atomic mass is 9.81. The number of amides is 1. The van der Waals surface area contributed by atoms with Crippen molar-refractivity contribution >= 4 is 5.91 Å². The molecule has 1 rings (SSSR count). The topological polar surface area (TPSA) is 62.1 Å². The average molecular weight is 306 g/mol. The molecule has 0 unspecified atom stereocenters. The first kappa shape index (κ1) is 18.1. The molecule has 2 atom stereocenters. The lowest BCUT2D eigenvalue weighted by Crippen LogP contribution is -2.43. The normalized spacial score (nSPS) is 14.0. The van der Waals surface area contributed by atoms with Crippen LogP contribution in [0.4, 0.5) is 4.39 Å². The molecule has 4 nitrogen and oxygen atoms in total. The van der Waals surface area contributed by atoms with Crippen molar-refractivity contribution in [3.63, 3.8) is 0 Å². The summed E-state index contributed by atoms with van der Waals surface area (Å²) in [6.45, 7) is 7.73. The number of ether oxygens (including phenoxy) is 1. The Morgan fingerprint density at radius 2 is 2.05 bits per heavy atom. The predicted octanol–water partition coefficient (Wildman–Crippen LogP) is 3.03. The molecule has 1 N–H and O–H groups in total. The fraction of sp³-hybridized carbons (Fsp3) is 0.529. The van der Waals surface area contributed by atoms with Gasteiger partial charge in [0.25, 0.3) is 0 Å². The minimum atomic E-state index is -0.721. The molecule has 0 aliphatic rings. The van der Waals surface area contributed by atoms with Crippen molar-refractivity contribution in [2.24, 2.45) is 11.3 Å². The molecule has 22 heavy (non-hydrogen) atoms. The van der Waals surface area contributed by atoms with Crippen LogP contribution >= 0.6 is 0 Å². The zero-order valence-corrected chi connectivity index (χ0v) is 13.5. The van der Waals surface area contributed by atoms with Crippen molar-refractivity contribution in [1.82, 2.24) is 5.32 Å². The number of nitrogens with zero attached hydrogens (tertiary/aromatic N) is 1. The van der Waals surface area contributed by atoms with Gasteiger partial charge in [-0.2, -0.15) is 5.26 Å². The predicted molar refractivity (Wildman–Crippen MR) is 82.2 cm³/mol. The maximum Gasteiger partial charge on any atom is 0.238 e. The number of nitrogens with one attached hydrogen (secondary N) is 1. The molecule has 0 spiro atoms. The molecule has 5 heteroatoms. The SMILES string of the molecule is C[C@@H](COCc1ccccc1F)NC(=O)[C@@H](C#N)C(C)(C)C. The summed E-state index contributed by atoms with van der Waals surface area (Å²) in [5.41, 5.74) is 0.0534. The maximum atomic E-state index is 13.4. The van der Waals surface area contributed by atoms with Gasteiger partial charge in [0.05, 0.1) is 19.3 Å². The van der Waals surface area contributed by atoms with Gasteiger partial charge in [0.2, 0.25) is 5.91 Å². The third kappa shape index (κ3) is 5.45. The number of hydrogen-bond donors (Lipinski definition) is 1. The van der Waals surface area contributed by atoms with Crippen molar-refractivity contribution in [2.75, 3.05) is 6.61 Å². The number of nitriles is 1. The highest BCUT2D eigenvalue weighted by Crippen LogP contribution is 2.25. The van der Waals surface area contributed by atoms with Crippen LogP contribution in [-0.2, 0) is 16.1 Å². The van der Waals surface area contributed by atoms with E-state index in [0.717, 1.165) is 0 Å². The van der Waals surface area contributed by atoms with E-state index in [9.17, 15) is 9.18 Å². The zero-order chi connectivity index (χ0) is 16.8. The van der Waals surface area contributed by atoms with Crippen LogP contribution in [0, 0.1) is 28.5 Å². The molecular weight excluding hydrogens is 283 g/mol. The molecule has 0 aliphatic heterocycles. The van der Waals surface area contributed by atoms with Crippen molar-refractivity contribution in [3.05, 3.63) is 35.6 Å². The van der Waals surface area contributed by atoms with E-state index in [1.165, 1.54) is 6.07 Å². The standard InChI is InChI=1S/C17H23FN2O2/c1-12(20-16(21)14(9-19)17(2,3)4)10-22-11-13-7-5-6-8-15(13)18/h5-8,12,14H,10-11H2,1-4H3,(H,20,21)/t12-,14+/m0/s1. The Morgan fingerprint density at radius 1 is 1.41 bits per heavy atom. The largest absolute Gasteiger partial charge is 0.375 e. The van der Waals surface area contributed by atoms with E-state index in [4.69, 9.17) is 10.00 Å². The summed E-state index contributed by atoms with van der Waals surface area (Å²) >= 11 is 0. The van der Waals surface area contributed by atoms with E-state index in [1.807, 2.05) is 26.8 Å². The van der Waals surface area contributed by atoms with Crippen molar-refractivity contribution < 1.29 is 13.9 Å². The third-order valence-corrected chi connectivity index (χ3v) is 3.23. The third-order valence-electron chi connectivity index (χ3n) is 3.23. The van der Waals surface area contributed by atoms with E-state index in [-0.39, 0.29) is 31.0 Å². The molecule has 0 radical (unpaired) electrons. The summed E-state index contributed by atoms with van der Waals surface area (Å²) in [6.07, 6.45) is 0. The van der Waals surface area contributed by atoms with Gasteiger partial charge in [-0.15, -0.1) is 0 Å². The second kappa shape index (κ2) is 7.90. The highest BCUT2D eigenvalue weighted by Gasteiger charge is 2.31. The Balaban J connectivity index is 2.44. The van der Waals surface area contributed by atoms with Crippen LogP contribution in [0.15, 0.2) is 24.3 Å². The lowest BCUT2D eigenvalue weighted by Gasteiger charge is -2.25. The van der Waals surface area contributed by atoms with Gasteiger partial charge in [-0.1, -0.05) is 39.0 Å². The quantitative estimate of drug-likeness (QED) is 0.878. The van der Waals surface area contributed by atoms with Crippen LogP contribution in [0.1, 0.15) is 33.3 Å². The van der Waals surface area contributed by atoms with Crippen LogP contribution in [-0.4, -0.2) is 18.6 Å². The molecule has 1 amide bonds. The van der Waals surface area contributed by atoms with Gasteiger partial charge in [0.1, 0.15) is 11.7 Å². The smallest absolute Gasteiger partial charge is 0.238 e. The average Bonchev–Trinajstić information content (AvgIpc) is 2.40. The highest BCUT2D eigenvalue weighted by molar-refractivity contribution is 5.82. The van der Waals surface area contributed by atoms with Gasteiger partial charge in [-0.25, -0.2) is 4.39 Å². The van der Waals surface area contributed by atoms with Gasteiger partial charge in [-0.05, 0) is 18.4 Å². The van der Waals surface area contributed by atoms with Crippen LogP contribution in [0.3, 0.4) is 0 Å². The Labute approximate surface area is 131 Å². The molecule has 0 aromatic heterocycles. The minimum absolute atomic E-state index is 0.147. The number of benzene rings is 1. The summed E-state index contributed by atoms with van der Waals surface area (Å²) in [4.78, 5) is 12.1. The number of carbonyl (C=O) groups is 1. The maximum absolute atomic E-state index is 13.4. The summed E-state index contributed by atoms with van der Waals surface area (Å²) in [6, 6.07) is 8.18. The van der Waals surface area contributed by atoms with Crippen LogP contribution < -0.4 is 5.32 Å². The van der Waals surface area contributed by atoms with Gasteiger partial charge in [0.15, 0.2) is 0 Å². The Bertz CT molecular complexity index is 546. The zero-order valence-electron chi connectivity index (χ0n) is 13.5. The first-order chi connectivity index (χ1) is 10.3. The lowest BCUT2D eigenvalue weighted by molar-refractivity contribution is -0.127. The van der Waals surface area contributed by atoms with Crippen LogP contribution in [0.2, 0.25) is 0 Å². The summed E-state index contributed by atoms with van der Waals surface area (Å²) in [7, 11) is 0. The molecule has 0 fully saturated rings. The Hall–Kier alpha value is -1.93. The second-order valence-electron chi connectivity index (χ2n) is 6.44. The number of hydrogen-bond acceptors (Lipinski definition) is 3. The van der Waals surface area contributed by atoms with Crippen molar-refractivity contribution in [1.29, 1.82) is 5.26 Å². The summed E-state index contributed by atoms with van der Waals surface area (Å²) in [5, 5.41) is 11.9. The van der Waals surface area contributed by atoms with Crippen LogP contribution in [0.5, 0.6) is 0 Å². The summed E-state index contributed by atoms with van der Waals surface area (Å²) < 4.78 is 18.8. The monoisotopic (exact) mass is 306 g/mol. The summed E-state index contributed by atoms with van der Waals surface area (Å²) in [5.74, 6) is -1.34. The van der Waals surface area contributed by atoms with Gasteiger partial charge < -0.3 is 10.1 Å². The first-order valence-corrected chi connectivity index (χ1v) is 7.27. The first-order valence-electron chi connectivity index (χ1n) is 7.27. The molecule has 0 saturated carbocycles. The fourth-order valence-corrected chi connectivity index (χ4v) is 1.97. The molecule has 0 aliphatic carbocycles. The van der Waals surface area contributed by atoms with Crippen molar-refractivity contribution in [2.45, 2.75) is 40.3 Å². The fourth-order valence-electron chi connectivity index (χ4n) is 1.97. The van der Waals surface area contributed by atoms with E-state index >= 15 is 0 Å². The molecule has 1 aromatic rings. The number of halogens is 1. The second-order valence-corrected chi connectivity index (χ2v) is 6.44. The van der Waals surface area contributed by atoms with Gasteiger partial charge in [-0.3, -0.25) is 4.79 Å². The Kier molecular flexibility index (Phi) is 6.51. The van der Waals surface area contributed by atoms with E-state index in [1.54, 1.807) is 25.1 Å². The number of rotatable bonds is 6.